The summed E-state index contributed by atoms with van der Waals surface area (Å²) in [4.78, 5) is 18.2. The largest absolute Gasteiger partial charge is 0.398 e. The molecule has 122 valence electrons. The number of unbranched alkanes of at least 4 members (excludes halogenated alkanes) is 1. The van der Waals surface area contributed by atoms with Gasteiger partial charge in [-0.3, -0.25) is 4.79 Å². The maximum absolute atomic E-state index is 12.5. The van der Waals surface area contributed by atoms with E-state index in [1.54, 1.807) is 24.0 Å². The summed E-state index contributed by atoms with van der Waals surface area (Å²) in [6.45, 7) is 4.56. The molecule has 2 aromatic heterocycles. The molecule has 2 rings (SSSR count). The van der Waals surface area contributed by atoms with Crippen molar-refractivity contribution in [2.75, 3.05) is 19.3 Å². The molecular formula is C16H20ClN5O. The van der Waals surface area contributed by atoms with Gasteiger partial charge in [-0.05, 0) is 18.9 Å². The number of nitrogens with two attached hydrogens (primary N) is 1. The number of nitrogens with zero attached hydrogens (tertiary/aromatic N) is 4. The minimum Gasteiger partial charge on any atom is -0.398 e. The summed E-state index contributed by atoms with van der Waals surface area (Å²) in [5, 5.41) is 4.98. The first kappa shape index (κ1) is 18.5. The third-order valence-corrected chi connectivity index (χ3v) is 3.32. The van der Waals surface area contributed by atoms with Gasteiger partial charge in [0.25, 0.3) is 5.91 Å². The predicted molar refractivity (Wildman–Crippen MR) is 94.4 cm³/mol. The summed E-state index contributed by atoms with van der Waals surface area (Å²) in [5.41, 5.74) is 7.40. The van der Waals surface area contributed by atoms with Crippen LogP contribution in [0.2, 0.25) is 0 Å². The van der Waals surface area contributed by atoms with E-state index in [-0.39, 0.29) is 30.6 Å². The van der Waals surface area contributed by atoms with E-state index >= 15 is 0 Å². The van der Waals surface area contributed by atoms with Crippen molar-refractivity contribution in [1.29, 1.82) is 0 Å². The van der Waals surface area contributed by atoms with Crippen LogP contribution < -0.4 is 5.73 Å². The Bertz CT molecular complexity index is 747. The zero-order chi connectivity index (χ0) is 16.1. The number of anilines is 1. The van der Waals surface area contributed by atoms with Gasteiger partial charge in [0.1, 0.15) is 0 Å². The molecular weight excluding hydrogens is 314 g/mol. The third-order valence-electron chi connectivity index (χ3n) is 3.32. The van der Waals surface area contributed by atoms with Crippen molar-refractivity contribution in [3.05, 3.63) is 30.6 Å². The maximum atomic E-state index is 12.5. The van der Waals surface area contributed by atoms with Crippen LogP contribution >= 0.6 is 12.4 Å². The molecule has 2 heterocycles. The van der Waals surface area contributed by atoms with Crippen molar-refractivity contribution >= 4 is 35.0 Å². The minimum atomic E-state index is -0.259. The fourth-order valence-electron chi connectivity index (χ4n) is 2.20. The number of nitrogen functional groups attached to an aromatic ring is 1. The second-order valence-corrected chi connectivity index (χ2v) is 4.97. The Morgan fingerprint density at radius 2 is 2.35 bits per heavy atom. The van der Waals surface area contributed by atoms with Gasteiger partial charge in [0, 0.05) is 25.5 Å². The van der Waals surface area contributed by atoms with Gasteiger partial charge in [-0.1, -0.05) is 12.0 Å². The highest BCUT2D eigenvalue weighted by molar-refractivity contribution is 6.08. The molecule has 0 aliphatic heterocycles. The number of aryl methyl sites for hydroxylation is 1. The summed E-state index contributed by atoms with van der Waals surface area (Å²) in [6.07, 6.45) is 10.5. The first-order valence-corrected chi connectivity index (χ1v) is 7.01. The standard InChI is InChI=1S/C16H19N5O.ClH/c1-4-6-7-11-21-15-13(12(17)8-9-18-15)14(19-21)16(22)20(3)10-5-2;/h2,4,8-9H,1,6-7,10-11H2,3H3,(H2,17,18);1H. The molecule has 0 bridgehead atoms. The highest BCUT2D eigenvalue weighted by Gasteiger charge is 2.22. The molecule has 0 aliphatic rings. The van der Waals surface area contributed by atoms with Crippen molar-refractivity contribution in [3.8, 4) is 12.3 Å². The van der Waals surface area contributed by atoms with E-state index in [4.69, 9.17) is 12.2 Å². The SMILES string of the molecule is C#CCN(C)C(=O)c1nn(CCCC=C)c2nccc(N)c12.Cl. The number of halogens is 1. The second-order valence-electron chi connectivity index (χ2n) is 4.97. The Labute approximate surface area is 141 Å². The third kappa shape index (κ3) is 3.82. The topological polar surface area (TPSA) is 77.0 Å². The number of carbonyl (C=O) groups excluding carboxylic acids is 1. The Balaban J connectivity index is 0.00000264. The molecule has 7 heteroatoms. The van der Waals surface area contributed by atoms with E-state index in [0.29, 0.717) is 23.3 Å². The first-order valence-electron chi connectivity index (χ1n) is 7.01. The highest BCUT2D eigenvalue weighted by Crippen LogP contribution is 2.24. The number of amides is 1. The summed E-state index contributed by atoms with van der Waals surface area (Å²) in [6, 6.07) is 1.66. The van der Waals surface area contributed by atoms with Crippen LogP contribution in [-0.2, 0) is 6.54 Å². The predicted octanol–water partition coefficient (Wildman–Crippen LogP) is 2.11. The fourth-order valence-corrected chi connectivity index (χ4v) is 2.20. The van der Waals surface area contributed by atoms with Gasteiger partial charge < -0.3 is 10.6 Å². The van der Waals surface area contributed by atoms with Crippen LogP contribution in [0.3, 0.4) is 0 Å². The van der Waals surface area contributed by atoms with Crippen LogP contribution in [0.4, 0.5) is 5.69 Å². The molecule has 0 saturated carbocycles. The molecule has 23 heavy (non-hydrogen) atoms. The second kappa shape index (κ2) is 8.20. The molecule has 1 amide bonds. The van der Waals surface area contributed by atoms with Crippen molar-refractivity contribution in [1.82, 2.24) is 19.7 Å². The molecule has 0 radical (unpaired) electrons. The van der Waals surface area contributed by atoms with Gasteiger partial charge in [0.15, 0.2) is 11.3 Å². The van der Waals surface area contributed by atoms with Gasteiger partial charge in [-0.15, -0.1) is 25.4 Å². The molecule has 0 atom stereocenters. The zero-order valence-corrected chi connectivity index (χ0v) is 13.8. The number of hydrogen-bond acceptors (Lipinski definition) is 4. The van der Waals surface area contributed by atoms with E-state index < -0.39 is 0 Å². The van der Waals surface area contributed by atoms with E-state index in [2.05, 4.69) is 22.6 Å². The number of aromatic nitrogens is 3. The number of allylic oxidation sites excluding steroid dienone is 1. The summed E-state index contributed by atoms with van der Waals surface area (Å²) in [5.74, 6) is 2.18. The molecule has 2 N–H and O–H groups in total. The smallest absolute Gasteiger partial charge is 0.275 e. The van der Waals surface area contributed by atoms with Crippen molar-refractivity contribution in [2.24, 2.45) is 0 Å². The Morgan fingerprint density at radius 1 is 1.61 bits per heavy atom. The molecule has 2 aromatic rings. The first-order chi connectivity index (χ1) is 10.6. The van der Waals surface area contributed by atoms with E-state index in [0.717, 1.165) is 12.8 Å². The number of pyridine rings is 1. The number of rotatable bonds is 6. The average molecular weight is 334 g/mol. The van der Waals surface area contributed by atoms with Gasteiger partial charge in [-0.25, -0.2) is 9.67 Å². The van der Waals surface area contributed by atoms with Gasteiger partial charge >= 0.3 is 0 Å². The van der Waals surface area contributed by atoms with Crippen LogP contribution in [-0.4, -0.2) is 39.2 Å². The van der Waals surface area contributed by atoms with E-state index in [1.807, 2.05) is 6.08 Å². The molecule has 0 saturated heterocycles. The van der Waals surface area contributed by atoms with E-state index in [1.165, 1.54) is 4.90 Å². The van der Waals surface area contributed by atoms with Gasteiger partial charge in [-0.2, -0.15) is 5.10 Å². The van der Waals surface area contributed by atoms with Crippen molar-refractivity contribution < 1.29 is 4.79 Å². The van der Waals surface area contributed by atoms with Gasteiger partial charge in [0.05, 0.1) is 11.9 Å². The van der Waals surface area contributed by atoms with Gasteiger partial charge in [0.2, 0.25) is 0 Å². The summed E-state index contributed by atoms with van der Waals surface area (Å²) in [7, 11) is 1.64. The highest BCUT2D eigenvalue weighted by atomic mass is 35.5. The zero-order valence-electron chi connectivity index (χ0n) is 13.0. The lowest BCUT2D eigenvalue weighted by Gasteiger charge is -2.12. The maximum Gasteiger partial charge on any atom is 0.275 e. The minimum absolute atomic E-state index is 0. The van der Waals surface area contributed by atoms with Crippen LogP contribution in [0.15, 0.2) is 24.9 Å². The lowest BCUT2D eigenvalue weighted by Crippen LogP contribution is -2.27. The molecule has 0 spiro atoms. The summed E-state index contributed by atoms with van der Waals surface area (Å²) < 4.78 is 1.71. The average Bonchev–Trinajstić information content (AvgIpc) is 2.87. The normalized spacial score (nSPS) is 9.91. The molecule has 0 aliphatic carbocycles. The van der Waals surface area contributed by atoms with Crippen molar-refractivity contribution in [2.45, 2.75) is 19.4 Å². The Morgan fingerprint density at radius 3 is 3.00 bits per heavy atom. The molecule has 0 fully saturated rings. The van der Waals surface area contributed by atoms with Crippen LogP contribution in [0.25, 0.3) is 11.0 Å². The number of fused-ring (bicyclic) bond motifs is 1. The monoisotopic (exact) mass is 333 g/mol. The van der Waals surface area contributed by atoms with Crippen LogP contribution in [0.5, 0.6) is 0 Å². The lowest BCUT2D eigenvalue weighted by molar-refractivity contribution is 0.0807. The molecule has 0 unspecified atom stereocenters. The van der Waals surface area contributed by atoms with Crippen LogP contribution in [0.1, 0.15) is 23.3 Å². The lowest BCUT2D eigenvalue weighted by atomic mass is 10.2. The summed E-state index contributed by atoms with van der Waals surface area (Å²) >= 11 is 0. The fraction of sp³-hybridized carbons (Fsp3) is 0.312. The Kier molecular flexibility index (Phi) is 6.61. The number of carbonyl (C=O) groups is 1. The molecule has 0 aromatic carbocycles. The quantitative estimate of drug-likeness (QED) is 0.499. The number of terminal acetylenes is 1. The van der Waals surface area contributed by atoms with Crippen molar-refractivity contribution in [3.63, 3.8) is 0 Å². The van der Waals surface area contributed by atoms with Crippen LogP contribution in [0, 0.1) is 12.3 Å². The Hall–Kier alpha value is -2.52. The molecule has 6 nitrogen and oxygen atoms in total. The number of hydrogen-bond donors (Lipinski definition) is 1. The van der Waals surface area contributed by atoms with E-state index in [9.17, 15) is 4.79 Å².